The molecule has 0 atom stereocenters. The van der Waals surface area contributed by atoms with Crippen LogP contribution in [0.15, 0.2) is 48.5 Å². The maximum Gasteiger partial charge on any atom is 0.120 e. The van der Waals surface area contributed by atoms with E-state index in [4.69, 9.17) is 21.1 Å². The van der Waals surface area contributed by atoms with Crippen molar-refractivity contribution in [1.82, 2.24) is 0 Å². The standard InChI is InChI=1S/C17H20ClNO2/c1-3-19(15-7-5-8-16(13-15)20-2)10-11-21-17-9-4-6-14(18)12-17/h4-9,12-13H,3,10-11H2,1-2H3. The molecule has 0 amide bonds. The number of likely N-dealkylation sites (N-methyl/N-ethyl adjacent to an activating group) is 1. The van der Waals surface area contributed by atoms with Crippen LogP contribution in [0.1, 0.15) is 6.92 Å². The fraction of sp³-hybridized carbons (Fsp3) is 0.294. The Bertz CT molecular complexity index is 574. The Morgan fingerprint density at radius 3 is 2.52 bits per heavy atom. The second-order valence-corrected chi connectivity index (χ2v) is 5.02. The summed E-state index contributed by atoms with van der Waals surface area (Å²) in [6.07, 6.45) is 0. The number of methoxy groups -OCH3 is 1. The molecule has 0 N–H and O–H groups in total. The fourth-order valence-electron chi connectivity index (χ4n) is 2.11. The van der Waals surface area contributed by atoms with Gasteiger partial charge in [-0.3, -0.25) is 0 Å². The monoisotopic (exact) mass is 305 g/mol. The van der Waals surface area contributed by atoms with E-state index in [9.17, 15) is 0 Å². The smallest absolute Gasteiger partial charge is 0.120 e. The van der Waals surface area contributed by atoms with Gasteiger partial charge in [-0.2, -0.15) is 0 Å². The topological polar surface area (TPSA) is 21.7 Å². The van der Waals surface area contributed by atoms with Crippen LogP contribution in [0.4, 0.5) is 5.69 Å². The molecule has 0 unspecified atom stereocenters. The molecule has 0 aliphatic rings. The molecule has 2 aromatic rings. The molecule has 0 aromatic heterocycles. The summed E-state index contributed by atoms with van der Waals surface area (Å²) in [7, 11) is 1.68. The predicted molar refractivity (Wildman–Crippen MR) is 87.8 cm³/mol. The number of anilines is 1. The Kier molecular flexibility index (Phi) is 5.76. The number of benzene rings is 2. The zero-order valence-corrected chi connectivity index (χ0v) is 13.1. The zero-order chi connectivity index (χ0) is 15.1. The SMILES string of the molecule is CCN(CCOc1cccc(Cl)c1)c1cccc(OC)c1. The fourth-order valence-corrected chi connectivity index (χ4v) is 2.29. The molecule has 0 spiro atoms. The molecular formula is C17H20ClNO2. The minimum absolute atomic E-state index is 0.603. The van der Waals surface area contributed by atoms with Gasteiger partial charge in [0, 0.05) is 23.3 Å². The van der Waals surface area contributed by atoms with Gasteiger partial charge in [-0.1, -0.05) is 23.7 Å². The lowest BCUT2D eigenvalue weighted by Crippen LogP contribution is -2.28. The number of ether oxygens (including phenoxy) is 2. The highest BCUT2D eigenvalue weighted by Gasteiger charge is 2.05. The van der Waals surface area contributed by atoms with Gasteiger partial charge in [-0.15, -0.1) is 0 Å². The van der Waals surface area contributed by atoms with E-state index in [1.54, 1.807) is 7.11 Å². The lowest BCUT2D eigenvalue weighted by atomic mass is 10.2. The lowest BCUT2D eigenvalue weighted by Gasteiger charge is -2.23. The second-order valence-electron chi connectivity index (χ2n) is 4.59. The number of nitrogens with zero attached hydrogens (tertiary/aromatic N) is 1. The van der Waals surface area contributed by atoms with Crippen LogP contribution in [0.25, 0.3) is 0 Å². The first-order valence-corrected chi connectivity index (χ1v) is 7.38. The van der Waals surface area contributed by atoms with E-state index in [-0.39, 0.29) is 0 Å². The van der Waals surface area contributed by atoms with Gasteiger partial charge in [0.15, 0.2) is 0 Å². The van der Waals surface area contributed by atoms with E-state index in [0.29, 0.717) is 11.6 Å². The molecule has 0 fully saturated rings. The highest BCUT2D eigenvalue weighted by molar-refractivity contribution is 6.30. The largest absolute Gasteiger partial charge is 0.497 e. The van der Waals surface area contributed by atoms with E-state index >= 15 is 0 Å². The van der Waals surface area contributed by atoms with Gasteiger partial charge in [0.25, 0.3) is 0 Å². The van der Waals surface area contributed by atoms with E-state index in [1.807, 2.05) is 42.5 Å². The van der Waals surface area contributed by atoms with Gasteiger partial charge in [0.1, 0.15) is 18.1 Å². The van der Waals surface area contributed by atoms with Gasteiger partial charge in [0.05, 0.1) is 13.7 Å². The average Bonchev–Trinajstić information content (AvgIpc) is 2.52. The highest BCUT2D eigenvalue weighted by atomic mass is 35.5. The number of rotatable bonds is 7. The van der Waals surface area contributed by atoms with Crippen molar-refractivity contribution in [3.63, 3.8) is 0 Å². The van der Waals surface area contributed by atoms with Gasteiger partial charge in [-0.05, 0) is 37.3 Å². The van der Waals surface area contributed by atoms with Crippen molar-refractivity contribution in [2.24, 2.45) is 0 Å². The van der Waals surface area contributed by atoms with Gasteiger partial charge >= 0.3 is 0 Å². The molecule has 2 aromatic carbocycles. The summed E-state index contributed by atoms with van der Waals surface area (Å²) in [5.74, 6) is 1.66. The van der Waals surface area contributed by atoms with Crippen LogP contribution in [0.5, 0.6) is 11.5 Å². The molecule has 112 valence electrons. The van der Waals surface area contributed by atoms with Crippen molar-refractivity contribution >= 4 is 17.3 Å². The third kappa shape index (κ3) is 4.57. The summed E-state index contributed by atoms with van der Waals surface area (Å²) in [4.78, 5) is 2.24. The molecule has 0 saturated heterocycles. The van der Waals surface area contributed by atoms with Crippen LogP contribution in [0.3, 0.4) is 0 Å². The number of hydrogen-bond donors (Lipinski definition) is 0. The molecule has 21 heavy (non-hydrogen) atoms. The van der Waals surface area contributed by atoms with Crippen LogP contribution >= 0.6 is 11.6 Å². The second kappa shape index (κ2) is 7.79. The first kappa shape index (κ1) is 15.5. The minimum atomic E-state index is 0.603. The summed E-state index contributed by atoms with van der Waals surface area (Å²) in [5.41, 5.74) is 1.13. The first-order valence-electron chi connectivity index (χ1n) is 7.00. The molecule has 0 heterocycles. The van der Waals surface area contributed by atoms with Crippen LogP contribution in [-0.2, 0) is 0 Å². The van der Waals surface area contributed by atoms with E-state index in [0.717, 1.165) is 30.3 Å². The summed E-state index contributed by atoms with van der Waals surface area (Å²) in [6, 6.07) is 15.5. The van der Waals surface area contributed by atoms with Crippen LogP contribution < -0.4 is 14.4 Å². The lowest BCUT2D eigenvalue weighted by molar-refractivity contribution is 0.324. The molecule has 3 nitrogen and oxygen atoms in total. The Morgan fingerprint density at radius 2 is 1.81 bits per heavy atom. The number of hydrogen-bond acceptors (Lipinski definition) is 3. The Hall–Kier alpha value is -1.87. The molecule has 0 bridgehead atoms. The van der Waals surface area contributed by atoms with Crippen molar-refractivity contribution in [3.8, 4) is 11.5 Å². The summed E-state index contributed by atoms with van der Waals surface area (Å²) in [5, 5.41) is 0.688. The van der Waals surface area contributed by atoms with Crippen LogP contribution in [0, 0.1) is 0 Å². The molecule has 0 aliphatic heterocycles. The van der Waals surface area contributed by atoms with E-state index < -0.39 is 0 Å². The molecule has 0 saturated carbocycles. The number of halogens is 1. The summed E-state index contributed by atoms with van der Waals surface area (Å²) < 4.78 is 11.0. The zero-order valence-electron chi connectivity index (χ0n) is 12.4. The summed E-state index contributed by atoms with van der Waals surface area (Å²) >= 11 is 5.94. The van der Waals surface area contributed by atoms with E-state index in [1.165, 1.54) is 0 Å². The average molecular weight is 306 g/mol. The molecule has 4 heteroatoms. The van der Waals surface area contributed by atoms with Gasteiger partial charge in [-0.25, -0.2) is 0 Å². The maximum absolute atomic E-state index is 5.94. The van der Waals surface area contributed by atoms with Gasteiger partial charge in [0.2, 0.25) is 0 Å². The predicted octanol–water partition coefficient (Wildman–Crippen LogP) is 4.25. The van der Waals surface area contributed by atoms with Crippen molar-refractivity contribution in [1.29, 1.82) is 0 Å². The van der Waals surface area contributed by atoms with Crippen molar-refractivity contribution in [3.05, 3.63) is 53.6 Å². The Labute approximate surface area is 131 Å². The van der Waals surface area contributed by atoms with Crippen LogP contribution in [-0.4, -0.2) is 26.8 Å². The summed E-state index contributed by atoms with van der Waals surface area (Å²) in [6.45, 7) is 4.44. The van der Waals surface area contributed by atoms with Crippen LogP contribution in [0.2, 0.25) is 5.02 Å². The van der Waals surface area contributed by atoms with Crippen molar-refractivity contribution in [2.75, 3.05) is 31.7 Å². The van der Waals surface area contributed by atoms with E-state index in [2.05, 4.69) is 17.9 Å². The molecule has 0 radical (unpaired) electrons. The first-order chi connectivity index (χ1) is 10.2. The Morgan fingerprint density at radius 1 is 1.05 bits per heavy atom. The van der Waals surface area contributed by atoms with Gasteiger partial charge < -0.3 is 14.4 Å². The third-order valence-corrected chi connectivity index (χ3v) is 3.46. The van der Waals surface area contributed by atoms with Crippen molar-refractivity contribution < 1.29 is 9.47 Å². The minimum Gasteiger partial charge on any atom is -0.497 e. The highest BCUT2D eigenvalue weighted by Crippen LogP contribution is 2.21. The maximum atomic E-state index is 5.94. The van der Waals surface area contributed by atoms with Crippen molar-refractivity contribution in [2.45, 2.75) is 6.92 Å². The molecule has 2 rings (SSSR count). The quantitative estimate of drug-likeness (QED) is 0.763. The normalized spacial score (nSPS) is 10.2. The molecule has 0 aliphatic carbocycles. The molecular weight excluding hydrogens is 286 g/mol. The third-order valence-electron chi connectivity index (χ3n) is 3.23. The Balaban J connectivity index is 1.93.